The topological polar surface area (TPSA) is 110 Å². The van der Waals surface area contributed by atoms with Crippen molar-refractivity contribution < 1.29 is 8.42 Å². The van der Waals surface area contributed by atoms with Crippen LogP contribution in [0, 0.1) is 13.8 Å². The Labute approximate surface area is 121 Å². The molecule has 0 bridgehead atoms. The van der Waals surface area contributed by atoms with E-state index in [0.29, 0.717) is 0 Å². The standard InChI is InChI=1S/C11H15N5O2S2/c1-7-3-9(19-8(7)2)4-15-20(17,18)10-5-13-11(16-12)14-6-10/h3,5-6,15H,4,12H2,1-2H3,(H,13,14,16). The molecule has 0 saturated carbocycles. The van der Waals surface area contributed by atoms with Crippen molar-refractivity contribution in [1.29, 1.82) is 0 Å². The number of hydrogen-bond donors (Lipinski definition) is 3. The van der Waals surface area contributed by atoms with E-state index >= 15 is 0 Å². The van der Waals surface area contributed by atoms with Crippen molar-refractivity contribution in [3.05, 3.63) is 33.8 Å². The molecule has 2 heterocycles. The lowest BCUT2D eigenvalue weighted by Crippen LogP contribution is -2.23. The molecule has 0 radical (unpaired) electrons. The first-order chi connectivity index (χ1) is 9.42. The molecule has 20 heavy (non-hydrogen) atoms. The Kier molecular flexibility index (Phi) is 4.33. The maximum absolute atomic E-state index is 12.1. The molecule has 7 nitrogen and oxygen atoms in total. The SMILES string of the molecule is Cc1cc(CNS(=O)(=O)c2cnc(NN)nc2)sc1C. The Balaban J connectivity index is 2.10. The van der Waals surface area contributed by atoms with Gasteiger partial charge in [0, 0.05) is 16.3 Å². The highest BCUT2D eigenvalue weighted by atomic mass is 32.2. The summed E-state index contributed by atoms with van der Waals surface area (Å²) in [5, 5.41) is 0. The van der Waals surface area contributed by atoms with E-state index in [-0.39, 0.29) is 17.4 Å². The zero-order valence-electron chi connectivity index (χ0n) is 11.0. The number of hydrogen-bond acceptors (Lipinski definition) is 7. The fourth-order valence-corrected chi connectivity index (χ4v) is 3.50. The summed E-state index contributed by atoms with van der Waals surface area (Å²) in [6.07, 6.45) is 2.41. The van der Waals surface area contributed by atoms with Gasteiger partial charge in [-0.15, -0.1) is 11.3 Å². The first-order valence-electron chi connectivity index (χ1n) is 5.76. The molecule has 108 valence electrons. The summed E-state index contributed by atoms with van der Waals surface area (Å²) in [4.78, 5) is 9.69. The molecule has 0 unspecified atom stereocenters. The molecule has 0 fully saturated rings. The van der Waals surface area contributed by atoms with E-state index in [1.165, 1.54) is 17.3 Å². The monoisotopic (exact) mass is 313 g/mol. The fraction of sp³-hybridized carbons (Fsp3) is 0.273. The Morgan fingerprint density at radius 3 is 2.45 bits per heavy atom. The van der Waals surface area contributed by atoms with Crippen molar-refractivity contribution in [3.63, 3.8) is 0 Å². The lowest BCUT2D eigenvalue weighted by atomic mass is 10.3. The largest absolute Gasteiger partial charge is 0.292 e. The summed E-state index contributed by atoms with van der Waals surface area (Å²) in [6.45, 7) is 4.25. The van der Waals surface area contributed by atoms with Gasteiger partial charge in [-0.25, -0.2) is 29.0 Å². The van der Waals surface area contributed by atoms with Crippen molar-refractivity contribution in [2.75, 3.05) is 5.43 Å². The lowest BCUT2D eigenvalue weighted by molar-refractivity contribution is 0.581. The molecular formula is C11H15N5O2S2. The Hall–Kier alpha value is -1.55. The van der Waals surface area contributed by atoms with Crippen LogP contribution in [0.15, 0.2) is 23.4 Å². The number of aromatic nitrogens is 2. The minimum absolute atomic E-state index is 0.00139. The lowest BCUT2D eigenvalue weighted by Gasteiger charge is -2.05. The van der Waals surface area contributed by atoms with E-state index in [2.05, 4.69) is 20.1 Å². The number of nitrogen functional groups attached to an aromatic ring is 1. The molecule has 2 aromatic heterocycles. The molecule has 0 atom stereocenters. The van der Waals surface area contributed by atoms with Gasteiger partial charge < -0.3 is 0 Å². The fourth-order valence-electron chi connectivity index (χ4n) is 1.52. The van der Waals surface area contributed by atoms with Crippen molar-refractivity contribution in [2.24, 2.45) is 5.84 Å². The van der Waals surface area contributed by atoms with Crippen LogP contribution < -0.4 is 16.0 Å². The summed E-state index contributed by atoms with van der Waals surface area (Å²) in [5.41, 5.74) is 3.39. The van der Waals surface area contributed by atoms with Crippen LogP contribution in [0.3, 0.4) is 0 Å². The number of anilines is 1. The van der Waals surface area contributed by atoms with Crippen LogP contribution >= 0.6 is 11.3 Å². The average Bonchev–Trinajstić information content (AvgIpc) is 2.76. The van der Waals surface area contributed by atoms with Crippen molar-refractivity contribution in [3.8, 4) is 0 Å². The molecule has 2 aromatic rings. The number of thiophene rings is 1. The third kappa shape index (κ3) is 3.31. The van der Waals surface area contributed by atoms with Crippen LogP contribution in [-0.4, -0.2) is 18.4 Å². The average molecular weight is 313 g/mol. The van der Waals surface area contributed by atoms with Gasteiger partial charge in [-0.05, 0) is 25.5 Å². The normalized spacial score (nSPS) is 11.6. The minimum Gasteiger partial charge on any atom is -0.292 e. The first kappa shape index (κ1) is 14.9. The molecule has 2 rings (SSSR count). The number of nitrogens with one attached hydrogen (secondary N) is 2. The van der Waals surface area contributed by atoms with Crippen LogP contribution in [0.2, 0.25) is 0 Å². The molecule has 4 N–H and O–H groups in total. The number of nitrogens with two attached hydrogens (primary N) is 1. The third-order valence-corrected chi connectivity index (χ3v) is 5.23. The van der Waals surface area contributed by atoms with E-state index in [1.807, 2.05) is 19.9 Å². The Morgan fingerprint density at radius 2 is 1.95 bits per heavy atom. The summed E-state index contributed by atoms with van der Waals surface area (Å²) in [5.74, 6) is 5.28. The zero-order chi connectivity index (χ0) is 14.8. The van der Waals surface area contributed by atoms with Crippen LogP contribution in [0.5, 0.6) is 0 Å². The Bertz CT molecular complexity index is 675. The zero-order valence-corrected chi connectivity index (χ0v) is 12.7. The van der Waals surface area contributed by atoms with Gasteiger partial charge in [0.15, 0.2) is 0 Å². The van der Waals surface area contributed by atoms with Crippen molar-refractivity contribution in [1.82, 2.24) is 14.7 Å². The quantitative estimate of drug-likeness (QED) is 0.559. The molecular weight excluding hydrogens is 298 g/mol. The number of aryl methyl sites for hydroxylation is 2. The number of rotatable bonds is 5. The smallest absolute Gasteiger partial charge is 0.243 e. The second-order valence-electron chi connectivity index (χ2n) is 4.16. The molecule has 0 saturated heterocycles. The van der Waals surface area contributed by atoms with Crippen molar-refractivity contribution in [2.45, 2.75) is 25.3 Å². The predicted molar refractivity (Wildman–Crippen MR) is 77.7 cm³/mol. The number of sulfonamides is 1. The minimum atomic E-state index is -3.62. The molecule has 9 heteroatoms. The second-order valence-corrected chi connectivity index (χ2v) is 7.27. The number of nitrogens with zero attached hydrogens (tertiary/aromatic N) is 2. The molecule has 0 aliphatic carbocycles. The summed E-state index contributed by atoms with van der Waals surface area (Å²) >= 11 is 1.57. The maximum atomic E-state index is 12.1. The van der Waals surface area contributed by atoms with Crippen LogP contribution in [-0.2, 0) is 16.6 Å². The molecule has 0 aliphatic rings. The maximum Gasteiger partial charge on any atom is 0.243 e. The van der Waals surface area contributed by atoms with E-state index in [4.69, 9.17) is 5.84 Å². The van der Waals surface area contributed by atoms with Crippen molar-refractivity contribution >= 4 is 27.3 Å². The highest BCUT2D eigenvalue weighted by Gasteiger charge is 2.15. The van der Waals surface area contributed by atoms with Crippen LogP contribution in [0.1, 0.15) is 15.3 Å². The summed E-state index contributed by atoms with van der Waals surface area (Å²) in [7, 11) is -3.62. The van der Waals surface area contributed by atoms with Gasteiger partial charge in [0.05, 0.1) is 12.4 Å². The van der Waals surface area contributed by atoms with Gasteiger partial charge in [-0.1, -0.05) is 0 Å². The second kappa shape index (κ2) is 5.83. The Morgan fingerprint density at radius 1 is 1.30 bits per heavy atom. The van der Waals surface area contributed by atoms with Gasteiger partial charge in [0.1, 0.15) is 4.90 Å². The predicted octanol–water partition coefficient (Wildman–Crippen LogP) is 0.919. The first-order valence-corrected chi connectivity index (χ1v) is 8.06. The van der Waals surface area contributed by atoms with E-state index in [0.717, 1.165) is 10.4 Å². The van der Waals surface area contributed by atoms with Gasteiger partial charge >= 0.3 is 0 Å². The molecule has 0 aliphatic heterocycles. The summed E-state index contributed by atoms with van der Waals surface area (Å²) < 4.78 is 26.6. The van der Waals surface area contributed by atoms with E-state index in [9.17, 15) is 8.42 Å². The van der Waals surface area contributed by atoms with E-state index in [1.54, 1.807) is 11.3 Å². The molecule has 0 spiro atoms. The summed E-state index contributed by atoms with van der Waals surface area (Å²) in [6, 6.07) is 1.97. The molecule has 0 aromatic carbocycles. The highest BCUT2D eigenvalue weighted by molar-refractivity contribution is 7.89. The van der Waals surface area contributed by atoms with E-state index < -0.39 is 10.0 Å². The highest BCUT2D eigenvalue weighted by Crippen LogP contribution is 2.20. The third-order valence-electron chi connectivity index (χ3n) is 2.72. The van der Waals surface area contributed by atoms with Gasteiger partial charge in [-0.2, -0.15) is 0 Å². The van der Waals surface area contributed by atoms with Gasteiger partial charge in [-0.3, -0.25) is 5.43 Å². The van der Waals surface area contributed by atoms with Gasteiger partial charge in [0.2, 0.25) is 16.0 Å². The number of hydrazine groups is 1. The molecule has 0 amide bonds. The van der Waals surface area contributed by atoms with Crippen LogP contribution in [0.4, 0.5) is 5.95 Å². The van der Waals surface area contributed by atoms with Gasteiger partial charge in [0.25, 0.3) is 0 Å². The van der Waals surface area contributed by atoms with Crippen LogP contribution in [0.25, 0.3) is 0 Å².